The van der Waals surface area contributed by atoms with Crippen LogP contribution in [-0.2, 0) is 4.79 Å². The van der Waals surface area contributed by atoms with Gasteiger partial charge < -0.3 is 14.4 Å². The van der Waals surface area contributed by atoms with Gasteiger partial charge in [-0.1, -0.05) is 0 Å². The number of likely N-dealkylation sites (tertiary alicyclic amines) is 1. The first-order chi connectivity index (χ1) is 14.5. The van der Waals surface area contributed by atoms with Crippen molar-refractivity contribution in [3.8, 4) is 11.5 Å². The molecule has 0 saturated carbocycles. The summed E-state index contributed by atoms with van der Waals surface area (Å²) >= 11 is 0. The predicted octanol–water partition coefficient (Wildman–Crippen LogP) is 3.33. The van der Waals surface area contributed by atoms with Crippen LogP contribution in [-0.4, -0.2) is 53.3 Å². The summed E-state index contributed by atoms with van der Waals surface area (Å²) in [4.78, 5) is 22.8. The Bertz CT molecular complexity index is 874. The number of nitrogens with zero attached hydrogens (tertiary/aromatic N) is 4. The van der Waals surface area contributed by atoms with Gasteiger partial charge in [0, 0.05) is 24.5 Å². The van der Waals surface area contributed by atoms with Gasteiger partial charge in [0.15, 0.2) is 18.1 Å². The number of nitrogens with one attached hydrogen (secondary N) is 1. The van der Waals surface area contributed by atoms with Crippen LogP contribution in [0.1, 0.15) is 43.1 Å². The molecule has 8 nitrogen and oxygen atoms in total. The largest absolute Gasteiger partial charge is 0.490 e. The third-order valence-electron chi connectivity index (χ3n) is 4.69. The number of benzene rings is 1. The fraction of sp³-hybridized carbons (Fsp3) is 0.455. The molecule has 1 N–H and O–H groups in total. The first-order valence-corrected chi connectivity index (χ1v) is 10.3. The molecular weight excluding hydrogens is 382 g/mol. The van der Waals surface area contributed by atoms with Crippen LogP contribution in [0.15, 0.2) is 29.4 Å². The van der Waals surface area contributed by atoms with Crippen LogP contribution in [0.4, 0.5) is 5.95 Å². The molecule has 0 bridgehead atoms. The van der Waals surface area contributed by atoms with E-state index in [0.717, 1.165) is 42.9 Å². The summed E-state index contributed by atoms with van der Waals surface area (Å²) in [5.41, 5.74) is 5.42. The third kappa shape index (κ3) is 6.17. The average molecular weight is 412 g/mol. The third-order valence-corrected chi connectivity index (χ3v) is 4.69. The molecule has 0 radical (unpaired) electrons. The predicted molar refractivity (Wildman–Crippen MR) is 116 cm³/mol. The topological polar surface area (TPSA) is 88.9 Å². The number of piperidine rings is 1. The van der Waals surface area contributed by atoms with Crippen molar-refractivity contribution in [1.82, 2.24) is 14.9 Å². The molecule has 0 atom stereocenters. The van der Waals surface area contributed by atoms with Gasteiger partial charge in [0.05, 0.1) is 12.8 Å². The molecule has 8 heteroatoms. The summed E-state index contributed by atoms with van der Waals surface area (Å²) in [5, 5.41) is 4.20. The Hall–Kier alpha value is -3.16. The number of hydrogen-bond donors (Lipinski definition) is 1. The molecule has 0 unspecified atom stereocenters. The summed E-state index contributed by atoms with van der Waals surface area (Å²) in [7, 11) is 0. The van der Waals surface area contributed by atoms with Gasteiger partial charge in [0.1, 0.15) is 0 Å². The van der Waals surface area contributed by atoms with Crippen molar-refractivity contribution in [2.24, 2.45) is 5.10 Å². The lowest BCUT2D eigenvalue weighted by molar-refractivity contribution is -0.134. The second kappa shape index (κ2) is 10.6. The minimum absolute atomic E-state index is 0.0130. The van der Waals surface area contributed by atoms with Crippen LogP contribution in [0.2, 0.25) is 0 Å². The molecule has 1 aromatic carbocycles. The van der Waals surface area contributed by atoms with Crippen molar-refractivity contribution in [2.45, 2.75) is 40.0 Å². The van der Waals surface area contributed by atoms with E-state index < -0.39 is 0 Å². The second-order valence-corrected chi connectivity index (χ2v) is 7.21. The molecule has 1 amide bonds. The molecule has 0 spiro atoms. The van der Waals surface area contributed by atoms with Crippen LogP contribution < -0.4 is 14.9 Å². The van der Waals surface area contributed by atoms with Crippen molar-refractivity contribution in [3.63, 3.8) is 0 Å². The van der Waals surface area contributed by atoms with Crippen molar-refractivity contribution in [3.05, 3.63) is 41.2 Å². The molecule has 1 fully saturated rings. The molecule has 0 aliphatic carbocycles. The summed E-state index contributed by atoms with van der Waals surface area (Å²) < 4.78 is 11.5. The standard InChI is InChI=1S/C22H29N5O3/c1-4-29-20-13-18(14-23-26-22-24-16(2)12-17(3)25-22)8-9-19(20)30-15-21(28)27-10-6-5-7-11-27/h8-9,12-14H,4-7,10-11,15H2,1-3H3,(H,24,25,26)/b23-14+. The summed E-state index contributed by atoms with van der Waals surface area (Å²) in [5.74, 6) is 1.59. The normalized spacial score (nSPS) is 14.0. The van der Waals surface area contributed by atoms with E-state index in [0.29, 0.717) is 24.1 Å². The molecule has 2 heterocycles. The van der Waals surface area contributed by atoms with Crippen LogP contribution in [0, 0.1) is 13.8 Å². The SMILES string of the molecule is CCOc1cc(/C=N/Nc2nc(C)cc(C)n2)ccc1OCC(=O)N1CCCCC1. The fourth-order valence-electron chi connectivity index (χ4n) is 3.31. The average Bonchev–Trinajstić information content (AvgIpc) is 2.73. The number of aryl methyl sites for hydroxylation is 2. The molecule has 1 aromatic heterocycles. The van der Waals surface area contributed by atoms with Crippen LogP contribution in [0.5, 0.6) is 11.5 Å². The molecule has 30 heavy (non-hydrogen) atoms. The van der Waals surface area contributed by atoms with E-state index in [2.05, 4.69) is 20.5 Å². The number of ether oxygens (including phenoxy) is 2. The number of carbonyl (C=O) groups is 1. The number of anilines is 1. The Morgan fingerprint density at radius 2 is 1.83 bits per heavy atom. The van der Waals surface area contributed by atoms with E-state index in [4.69, 9.17) is 9.47 Å². The highest BCUT2D eigenvalue weighted by Crippen LogP contribution is 2.28. The summed E-state index contributed by atoms with van der Waals surface area (Å²) in [6.07, 6.45) is 4.97. The van der Waals surface area contributed by atoms with Gasteiger partial charge >= 0.3 is 0 Å². The van der Waals surface area contributed by atoms with E-state index in [1.165, 1.54) is 6.42 Å². The summed E-state index contributed by atoms with van der Waals surface area (Å²) in [6, 6.07) is 7.38. The van der Waals surface area contributed by atoms with Gasteiger partial charge in [0.25, 0.3) is 5.91 Å². The van der Waals surface area contributed by atoms with Crippen LogP contribution in [0.25, 0.3) is 0 Å². The van der Waals surface area contributed by atoms with E-state index in [-0.39, 0.29) is 12.5 Å². The number of rotatable bonds is 8. The van der Waals surface area contributed by atoms with Gasteiger partial charge in [-0.3, -0.25) is 4.79 Å². The maximum absolute atomic E-state index is 12.4. The van der Waals surface area contributed by atoms with Crippen molar-refractivity contribution in [2.75, 3.05) is 31.7 Å². The number of carbonyl (C=O) groups excluding carboxylic acids is 1. The Balaban J connectivity index is 1.62. The fourth-order valence-corrected chi connectivity index (χ4v) is 3.31. The zero-order chi connectivity index (χ0) is 21.3. The minimum Gasteiger partial charge on any atom is -0.490 e. The molecule has 3 rings (SSSR count). The van der Waals surface area contributed by atoms with E-state index in [1.54, 1.807) is 12.3 Å². The smallest absolute Gasteiger partial charge is 0.260 e. The molecule has 160 valence electrons. The van der Waals surface area contributed by atoms with Crippen molar-refractivity contribution in [1.29, 1.82) is 0 Å². The van der Waals surface area contributed by atoms with Crippen molar-refractivity contribution >= 4 is 18.1 Å². The van der Waals surface area contributed by atoms with Gasteiger partial charge in [-0.2, -0.15) is 5.10 Å². The van der Waals surface area contributed by atoms with Gasteiger partial charge in [-0.05, 0) is 69.9 Å². The molecule has 1 aliphatic rings. The Morgan fingerprint density at radius 1 is 1.10 bits per heavy atom. The number of amides is 1. The lowest BCUT2D eigenvalue weighted by atomic mass is 10.1. The van der Waals surface area contributed by atoms with Gasteiger partial charge in [-0.25, -0.2) is 15.4 Å². The highest BCUT2D eigenvalue weighted by Gasteiger charge is 2.17. The monoisotopic (exact) mass is 411 g/mol. The lowest BCUT2D eigenvalue weighted by Crippen LogP contribution is -2.38. The zero-order valence-corrected chi connectivity index (χ0v) is 17.9. The lowest BCUT2D eigenvalue weighted by Gasteiger charge is -2.26. The first kappa shape index (κ1) is 21.5. The van der Waals surface area contributed by atoms with Crippen LogP contribution in [0.3, 0.4) is 0 Å². The van der Waals surface area contributed by atoms with Gasteiger partial charge in [-0.15, -0.1) is 0 Å². The minimum atomic E-state index is 0.0130. The maximum atomic E-state index is 12.4. The first-order valence-electron chi connectivity index (χ1n) is 10.3. The molecule has 1 saturated heterocycles. The maximum Gasteiger partial charge on any atom is 0.260 e. The second-order valence-electron chi connectivity index (χ2n) is 7.21. The quantitative estimate of drug-likeness (QED) is 0.529. The molecule has 2 aromatic rings. The van der Waals surface area contributed by atoms with Crippen molar-refractivity contribution < 1.29 is 14.3 Å². The highest BCUT2D eigenvalue weighted by atomic mass is 16.5. The highest BCUT2D eigenvalue weighted by molar-refractivity contribution is 5.81. The zero-order valence-electron chi connectivity index (χ0n) is 17.9. The van der Waals surface area contributed by atoms with Gasteiger partial charge in [0.2, 0.25) is 5.95 Å². The number of aromatic nitrogens is 2. The Morgan fingerprint density at radius 3 is 2.53 bits per heavy atom. The summed E-state index contributed by atoms with van der Waals surface area (Å²) in [6.45, 7) is 7.85. The molecule has 1 aliphatic heterocycles. The van der Waals surface area contributed by atoms with E-state index in [9.17, 15) is 4.79 Å². The Labute approximate surface area is 177 Å². The number of hydrazone groups is 1. The number of hydrogen-bond acceptors (Lipinski definition) is 7. The Kier molecular flexibility index (Phi) is 7.59. The van der Waals surface area contributed by atoms with E-state index in [1.807, 2.05) is 43.9 Å². The molecular formula is C22H29N5O3. The van der Waals surface area contributed by atoms with Crippen LogP contribution >= 0.6 is 0 Å². The van der Waals surface area contributed by atoms with E-state index >= 15 is 0 Å².